The van der Waals surface area contributed by atoms with Gasteiger partial charge in [0.1, 0.15) is 30.0 Å². The third kappa shape index (κ3) is 6.23. The molecule has 0 aliphatic rings. The predicted octanol–water partition coefficient (Wildman–Crippen LogP) is -2.14. The van der Waals surface area contributed by atoms with E-state index in [1.165, 1.54) is 0 Å². The van der Waals surface area contributed by atoms with Gasteiger partial charge in [-0.15, -0.1) is 0 Å². The van der Waals surface area contributed by atoms with Gasteiger partial charge < -0.3 is 18.6 Å². The summed E-state index contributed by atoms with van der Waals surface area (Å²) in [4.78, 5) is 19.8. The Morgan fingerprint density at radius 2 is 1.31 bits per heavy atom. The monoisotopic (exact) mass is 630 g/mol. The largest absolute Gasteiger partial charge is 1.00 e. The van der Waals surface area contributed by atoms with Crippen LogP contribution in [0.4, 0.5) is 11.4 Å². The van der Waals surface area contributed by atoms with Gasteiger partial charge in [-0.2, -0.15) is 0 Å². The minimum atomic E-state index is -5.45. The van der Waals surface area contributed by atoms with Crippen LogP contribution in [-0.4, -0.2) is 65.0 Å². The number of nitro groups is 2. The van der Waals surface area contributed by atoms with Crippen molar-refractivity contribution in [2.75, 3.05) is 14.2 Å². The van der Waals surface area contributed by atoms with Crippen molar-refractivity contribution in [2.24, 2.45) is 0 Å². The molecule has 3 aromatic carbocycles. The van der Waals surface area contributed by atoms with Crippen LogP contribution in [0.1, 0.15) is 0 Å². The van der Waals surface area contributed by atoms with Crippen LogP contribution in [0, 0.1) is 20.2 Å². The van der Waals surface area contributed by atoms with E-state index in [0.717, 1.165) is 23.8 Å². The van der Waals surface area contributed by atoms with E-state index >= 15 is 0 Å². The third-order valence-corrected chi connectivity index (χ3v) is 7.21. The Hall–Kier alpha value is -4.05. The smallest absolute Gasteiger partial charge is 0.744 e. The maximum Gasteiger partial charge on any atom is 1.00 e. The van der Waals surface area contributed by atoms with Crippen LogP contribution < -0.4 is 43.8 Å². The van der Waals surface area contributed by atoms with Crippen molar-refractivity contribution in [3.05, 3.63) is 74.8 Å². The Morgan fingerprint density at radius 1 is 0.810 bits per heavy atom. The van der Waals surface area contributed by atoms with Gasteiger partial charge in [-0.3, -0.25) is 20.2 Å². The van der Waals surface area contributed by atoms with E-state index in [1.54, 1.807) is 30.3 Å². The fourth-order valence-electron chi connectivity index (χ4n) is 3.70. The zero-order valence-electron chi connectivity index (χ0n) is 21.6. The fourth-order valence-corrected chi connectivity index (χ4v) is 4.99. The summed E-state index contributed by atoms with van der Waals surface area (Å²) in [5.41, 5.74) is -2.70. The molecule has 0 unspecified atom stereocenters. The molecule has 4 aromatic rings. The first-order valence-corrected chi connectivity index (χ1v) is 13.6. The summed E-state index contributed by atoms with van der Waals surface area (Å²) in [6.45, 7) is 0. The summed E-state index contributed by atoms with van der Waals surface area (Å²) in [5.74, 6) is -0.885. The van der Waals surface area contributed by atoms with Crippen molar-refractivity contribution in [1.29, 1.82) is 0 Å². The molecule has 0 fully saturated rings. The number of ether oxygens (including phenoxy) is 2. The van der Waals surface area contributed by atoms with Crippen molar-refractivity contribution in [1.82, 2.24) is 15.0 Å². The number of methoxy groups -OCH3 is 2. The second kappa shape index (κ2) is 12.1. The molecule has 21 heteroatoms. The molecule has 1 aromatic heterocycles. The molecule has 4 rings (SSSR count). The zero-order valence-corrected chi connectivity index (χ0v) is 25.2. The standard InChI is InChI=1S/C21H16N6O12S2.Na/c1-38-17-8-15(26(28)29)19(40(32,33)34)10-13(17)24-22-21(12-6-4-3-5-7-12)23-25(24)14-11-20(41(35,36)37)16(27(30)31)9-18(14)39-2;/h3-11H,1-2H3,(H-,32,33,34,35,36,37);/q;+1/p-1. The first-order chi connectivity index (χ1) is 19.2. The van der Waals surface area contributed by atoms with E-state index in [0.29, 0.717) is 29.8 Å². The molecule has 214 valence electrons. The maximum absolute atomic E-state index is 11.9. The number of benzene rings is 3. The molecule has 18 nitrogen and oxygen atoms in total. The van der Waals surface area contributed by atoms with E-state index in [9.17, 15) is 46.2 Å². The number of nitrogens with zero attached hydrogens (tertiary/aromatic N) is 6. The van der Waals surface area contributed by atoms with Gasteiger partial charge in [-0.05, 0) is 28.1 Å². The van der Waals surface area contributed by atoms with Crippen LogP contribution in [0.25, 0.3) is 22.8 Å². The van der Waals surface area contributed by atoms with E-state index in [2.05, 4.69) is 10.2 Å². The quantitative estimate of drug-likeness (QED) is 0.0629. The Balaban J connectivity index is 0.00000484. The molecule has 0 aliphatic carbocycles. The van der Waals surface area contributed by atoms with Crippen LogP contribution >= 0.6 is 0 Å². The Morgan fingerprint density at radius 3 is 1.79 bits per heavy atom. The van der Waals surface area contributed by atoms with E-state index in [1.807, 2.05) is 0 Å². The van der Waals surface area contributed by atoms with Crippen LogP contribution in [-0.2, 0) is 20.2 Å². The van der Waals surface area contributed by atoms with E-state index in [4.69, 9.17) is 9.47 Å². The molecule has 0 amide bonds. The van der Waals surface area contributed by atoms with Crippen LogP contribution in [0.5, 0.6) is 11.5 Å². The van der Waals surface area contributed by atoms with Gasteiger partial charge in [0.15, 0.2) is 17.2 Å². The zero-order chi connectivity index (χ0) is 30.3. The first-order valence-electron chi connectivity index (χ1n) is 10.8. The van der Waals surface area contributed by atoms with Gasteiger partial charge in [0.25, 0.3) is 11.4 Å². The molecule has 0 spiro atoms. The average molecular weight is 631 g/mol. The van der Waals surface area contributed by atoms with Gasteiger partial charge in [0.05, 0.1) is 46.9 Å². The average Bonchev–Trinajstić information content (AvgIpc) is 3.36. The topological polar surface area (TPSA) is 254 Å². The summed E-state index contributed by atoms with van der Waals surface area (Å²) in [6, 6.07) is 10.5. The molecule has 0 radical (unpaired) electrons. The molecular weight excluding hydrogens is 615 g/mol. The Kier molecular flexibility index (Phi) is 9.31. The molecule has 1 heterocycles. The second-order valence-corrected chi connectivity index (χ2v) is 10.6. The van der Waals surface area contributed by atoms with Crippen molar-refractivity contribution >= 4 is 31.6 Å². The molecule has 0 bridgehead atoms. The van der Waals surface area contributed by atoms with Crippen molar-refractivity contribution < 1.29 is 79.6 Å². The Labute approximate surface area is 258 Å². The Bertz CT molecular complexity index is 1810. The van der Waals surface area contributed by atoms with Gasteiger partial charge in [0, 0.05) is 10.9 Å². The molecule has 0 atom stereocenters. The van der Waals surface area contributed by atoms with Gasteiger partial charge >= 0.3 is 35.4 Å². The molecule has 0 N–H and O–H groups in total. The predicted molar refractivity (Wildman–Crippen MR) is 131 cm³/mol. The van der Waals surface area contributed by atoms with Gasteiger partial charge in [0.2, 0.25) is 5.69 Å². The number of hydrogen-bond donors (Lipinski definition) is 0. The number of nitro benzene ring substituents is 2. The number of hydrogen-bond acceptors (Lipinski definition) is 14. The minimum absolute atomic E-state index is 0. The van der Waals surface area contributed by atoms with Crippen molar-refractivity contribution in [3.63, 3.8) is 0 Å². The number of tetrazole rings is 1. The van der Waals surface area contributed by atoms with Gasteiger partial charge in [-0.25, -0.2) is 16.8 Å². The normalized spacial score (nSPS) is 11.4. The van der Waals surface area contributed by atoms with Crippen LogP contribution in [0.2, 0.25) is 0 Å². The molecule has 0 saturated heterocycles. The van der Waals surface area contributed by atoms with Gasteiger partial charge in [-0.1, -0.05) is 18.2 Å². The van der Waals surface area contributed by atoms with Crippen LogP contribution in [0.3, 0.4) is 0 Å². The summed E-state index contributed by atoms with van der Waals surface area (Å²) in [5, 5.41) is 31.6. The van der Waals surface area contributed by atoms with Crippen LogP contribution in [0.15, 0.2) is 64.4 Å². The molecular formula is C21H15N6NaO12S2. The summed E-state index contributed by atoms with van der Waals surface area (Å²) in [7, 11) is -8.76. The summed E-state index contributed by atoms with van der Waals surface area (Å²) < 4.78 is 82.0. The van der Waals surface area contributed by atoms with Crippen molar-refractivity contribution in [3.8, 4) is 34.3 Å². The molecule has 42 heavy (non-hydrogen) atoms. The minimum Gasteiger partial charge on any atom is -0.744 e. The number of rotatable bonds is 9. The molecule has 0 saturated carbocycles. The van der Waals surface area contributed by atoms with E-state index in [-0.39, 0.29) is 46.9 Å². The second-order valence-electron chi connectivity index (χ2n) is 7.87. The molecule has 0 aliphatic heterocycles. The number of aromatic nitrogens is 4. The first kappa shape index (κ1) is 32.5. The van der Waals surface area contributed by atoms with E-state index < -0.39 is 62.6 Å². The fraction of sp³-hybridized carbons (Fsp3) is 0.0952. The summed E-state index contributed by atoms with van der Waals surface area (Å²) in [6.07, 6.45) is 0. The third-order valence-electron chi connectivity index (χ3n) is 5.47. The van der Waals surface area contributed by atoms with Crippen molar-refractivity contribution in [2.45, 2.75) is 9.79 Å². The SMILES string of the molecule is COc1cc([N+](=O)[O-])c(S(=O)(=O)[O-])cc1-n1nc(-c2ccccc2)n[n+]1-c1cc(S(=O)(=O)[O-])c([N+](=O)[O-])cc1OC.[Na+]. The maximum atomic E-state index is 11.9. The summed E-state index contributed by atoms with van der Waals surface area (Å²) >= 11 is 0.